The molecule has 0 unspecified atom stereocenters. The van der Waals surface area contributed by atoms with Gasteiger partial charge in [-0.05, 0) is 0 Å². The van der Waals surface area contributed by atoms with Crippen LogP contribution in [0.15, 0.2) is 0 Å². The third kappa shape index (κ3) is 49.7. The van der Waals surface area contributed by atoms with Crippen molar-refractivity contribution in [2.24, 2.45) is 0 Å². The Morgan fingerprint density at radius 3 is 0.950 bits per heavy atom. The molecule has 0 aliphatic rings. The van der Waals surface area contributed by atoms with Gasteiger partial charge in [-0.25, -0.2) is 0 Å². The summed E-state index contributed by atoms with van der Waals surface area (Å²) in [4.78, 5) is 38.1. The van der Waals surface area contributed by atoms with E-state index in [2.05, 4.69) is 9.05 Å². The maximum atomic E-state index is 9.53. The van der Waals surface area contributed by atoms with E-state index in [1.54, 1.807) is 0 Å². The summed E-state index contributed by atoms with van der Waals surface area (Å²) in [7, 11) is -9.68. The summed E-state index contributed by atoms with van der Waals surface area (Å²) in [6.45, 7) is -1.84. The molecule has 20 heavy (non-hydrogen) atoms. The molecule has 0 aliphatic carbocycles. The molecule has 0 saturated heterocycles. The van der Waals surface area contributed by atoms with E-state index in [0.717, 1.165) is 0 Å². The zero-order valence-corrected chi connectivity index (χ0v) is 26.2. The smallest absolute Gasteiger partial charge is 0.790 e. The summed E-state index contributed by atoms with van der Waals surface area (Å²) in [6.07, 6.45) is 0. The van der Waals surface area contributed by atoms with Crippen LogP contribution in [0.5, 0.6) is 0 Å². The predicted octanol–water partition coefficient (Wildman–Crippen LogP) is -16.3. The van der Waals surface area contributed by atoms with Crippen molar-refractivity contribution in [2.45, 2.75) is 0 Å². The predicted molar refractivity (Wildman–Crippen MR) is 41.3 cm³/mol. The number of hydrogen-bond donors (Lipinski definition) is 2. The molecule has 0 aromatic carbocycles. The first-order valence-electron chi connectivity index (χ1n) is 3.67. The maximum Gasteiger partial charge on any atom is 1.00 e. The third-order valence-electron chi connectivity index (χ3n) is 0.681. The van der Waals surface area contributed by atoms with E-state index in [9.17, 15) is 28.7 Å². The van der Waals surface area contributed by atoms with Crippen LogP contribution in [0.25, 0.3) is 0 Å². The molecular weight excluding hydrogens is 426 g/mol. The second-order valence-electron chi connectivity index (χ2n) is 2.01. The molecular formula is C4H10K4O10P2. The zero-order valence-electron chi connectivity index (χ0n) is 11.9. The third-order valence-corrected chi connectivity index (χ3v) is 1.68. The fourth-order valence-corrected chi connectivity index (χ4v) is 0.916. The van der Waals surface area contributed by atoms with E-state index < -0.39 is 42.1 Å². The Hall–Kier alpha value is 6.69. The fraction of sp³-hybridized carbons (Fsp3) is 1.00. The average Bonchev–Trinajstić information content (AvgIpc) is 2.10. The van der Waals surface area contributed by atoms with E-state index in [1.165, 1.54) is 0 Å². The minimum Gasteiger partial charge on any atom is -0.790 e. The maximum absolute atomic E-state index is 9.53. The van der Waals surface area contributed by atoms with Crippen molar-refractivity contribution in [2.75, 3.05) is 26.4 Å². The Labute approximate surface area is 287 Å². The van der Waals surface area contributed by atoms with Crippen LogP contribution in [0.4, 0.5) is 0 Å². The van der Waals surface area contributed by atoms with Gasteiger partial charge in [0.25, 0.3) is 0 Å². The van der Waals surface area contributed by atoms with Gasteiger partial charge in [-0.2, -0.15) is 0 Å². The van der Waals surface area contributed by atoms with Crippen molar-refractivity contribution in [1.29, 1.82) is 0 Å². The Morgan fingerprint density at radius 2 is 0.900 bits per heavy atom. The van der Waals surface area contributed by atoms with Crippen LogP contribution in [-0.4, -0.2) is 36.6 Å². The summed E-state index contributed by atoms with van der Waals surface area (Å²) < 4.78 is 26.2. The van der Waals surface area contributed by atoms with Crippen LogP contribution >= 0.6 is 15.6 Å². The summed E-state index contributed by atoms with van der Waals surface area (Å²) >= 11 is 0. The van der Waals surface area contributed by atoms with Gasteiger partial charge in [-0.1, -0.05) is 0 Å². The summed E-state index contributed by atoms with van der Waals surface area (Å²) in [5, 5.41) is 15.8. The van der Waals surface area contributed by atoms with Crippen LogP contribution < -0.4 is 225 Å². The van der Waals surface area contributed by atoms with Gasteiger partial charge in [0.1, 0.15) is 0 Å². The van der Waals surface area contributed by atoms with Gasteiger partial charge in [0.15, 0.2) is 0 Å². The second kappa shape index (κ2) is 25.7. The van der Waals surface area contributed by atoms with Crippen molar-refractivity contribution in [1.82, 2.24) is 0 Å². The molecule has 0 heterocycles. The molecule has 0 aromatic heterocycles. The van der Waals surface area contributed by atoms with Crippen LogP contribution in [0.1, 0.15) is 0 Å². The summed E-state index contributed by atoms with van der Waals surface area (Å²) in [6, 6.07) is 0. The number of aliphatic hydroxyl groups excluding tert-OH is 2. The molecule has 0 fully saturated rings. The molecule has 0 aliphatic heterocycles. The molecule has 0 saturated carbocycles. The van der Waals surface area contributed by atoms with Gasteiger partial charge in [0.2, 0.25) is 0 Å². The quantitative estimate of drug-likeness (QED) is 0.299. The van der Waals surface area contributed by atoms with Crippen LogP contribution in [0.2, 0.25) is 0 Å². The van der Waals surface area contributed by atoms with Gasteiger partial charge >= 0.3 is 206 Å². The van der Waals surface area contributed by atoms with Gasteiger partial charge in [-0.15, -0.1) is 0 Å². The number of hydrogen-bond acceptors (Lipinski definition) is 10. The Balaban J connectivity index is -0.0000000408. The molecule has 0 atom stereocenters. The largest absolute Gasteiger partial charge is 1.00 e. The molecule has 0 spiro atoms. The van der Waals surface area contributed by atoms with Crippen molar-refractivity contribution in [3.8, 4) is 0 Å². The number of aliphatic hydroxyl groups is 2. The average molecular weight is 436 g/mol. The second-order valence-corrected chi connectivity index (χ2v) is 4.31. The minimum atomic E-state index is -4.84. The molecule has 0 bridgehead atoms. The van der Waals surface area contributed by atoms with E-state index in [1.807, 2.05) is 0 Å². The Morgan fingerprint density at radius 1 is 0.700 bits per heavy atom. The fourth-order valence-electron chi connectivity index (χ4n) is 0.305. The van der Waals surface area contributed by atoms with Crippen LogP contribution in [-0.2, 0) is 18.2 Å². The first kappa shape index (κ1) is 41.1. The normalized spacial score (nSPS) is 9.50. The van der Waals surface area contributed by atoms with Gasteiger partial charge in [0.05, 0.1) is 42.1 Å². The van der Waals surface area contributed by atoms with E-state index >= 15 is 0 Å². The molecule has 100 valence electrons. The molecule has 0 rings (SSSR count). The standard InChI is InChI=1S/2C2H7O5P.4K/c2*3-1-2-7-8(4,5)6;;;;/h2*3H,1-2H2,(H2,4,5,6);;;;/q;;4*+1/p-4. The number of rotatable bonds is 6. The number of phosphoric acid groups is 2. The van der Waals surface area contributed by atoms with Crippen LogP contribution in [0.3, 0.4) is 0 Å². The Kier molecular flexibility index (Phi) is 52.8. The monoisotopic (exact) mass is 436 g/mol. The minimum absolute atomic E-state index is 0. The molecule has 0 aromatic rings. The topological polar surface area (TPSA) is 185 Å². The molecule has 0 amide bonds. The number of phosphoric ester groups is 2. The van der Waals surface area contributed by atoms with E-state index in [4.69, 9.17) is 10.2 Å². The van der Waals surface area contributed by atoms with E-state index in [-0.39, 0.29) is 206 Å². The Bertz CT molecular complexity index is 230. The zero-order chi connectivity index (χ0) is 13.2. The van der Waals surface area contributed by atoms with Crippen molar-refractivity contribution < 1.29 is 254 Å². The van der Waals surface area contributed by atoms with Crippen molar-refractivity contribution in [3.63, 3.8) is 0 Å². The van der Waals surface area contributed by atoms with Gasteiger partial charge in [-0.3, -0.25) is 0 Å². The molecule has 2 N–H and O–H groups in total. The molecule has 16 heteroatoms. The summed E-state index contributed by atoms with van der Waals surface area (Å²) in [5.41, 5.74) is 0. The first-order chi connectivity index (χ1) is 7.12. The van der Waals surface area contributed by atoms with Crippen molar-refractivity contribution >= 4 is 15.6 Å². The summed E-state index contributed by atoms with van der Waals surface area (Å²) in [5.74, 6) is 0. The van der Waals surface area contributed by atoms with Gasteiger partial charge in [0, 0.05) is 0 Å². The SMILES string of the molecule is O=P([O-])([O-])OCCO.O=P([O-])([O-])OCCO.[K+].[K+].[K+].[K+]. The van der Waals surface area contributed by atoms with Gasteiger partial charge < -0.3 is 48.0 Å². The molecule has 10 nitrogen and oxygen atoms in total. The van der Waals surface area contributed by atoms with Crippen LogP contribution in [0, 0.1) is 0 Å². The molecule has 0 radical (unpaired) electrons. The van der Waals surface area contributed by atoms with Crippen molar-refractivity contribution in [3.05, 3.63) is 0 Å². The van der Waals surface area contributed by atoms with E-state index in [0.29, 0.717) is 0 Å². The first-order valence-corrected chi connectivity index (χ1v) is 6.59.